The van der Waals surface area contributed by atoms with Crippen LogP contribution in [0.2, 0.25) is 0 Å². The maximum atomic E-state index is 12.5. The van der Waals surface area contributed by atoms with Gasteiger partial charge in [0.15, 0.2) is 0 Å². The smallest absolute Gasteiger partial charge is 0.251 e. The van der Waals surface area contributed by atoms with Crippen molar-refractivity contribution in [3.63, 3.8) is 0 Å². The number of ether oxygens (including phenoxy) is 1. The summed E-state index contributed by atoms with van der Waals surface area (Å²) in [6, 6.07) is 15.4. The van der Waals surface area contributed by atoms with Gasteiger partial charge in [-0.25, -0.2) is 8.42 Å². The molecular formula is C19H22N2O4S. The third-order valence-corrected chi connectivity index (χ3v) is 6.13. The Morgan fingerprint density at radius 2 is 1.65 bits per heavy atom. The van der Waals surface area contributed by atoms with Crippen LogP contribution in [-0.4, -0.2) is 44.9 Å². The zero-order chi connectivity index (χ0) is 18.4. The largest absolute Gasteiger partial charge is 0.492 e. The van der Waals surface area contributed by atoms with Crippen molar-refractivity contribution in [1.82, 2.24) is 9.62 Å². The van der Waals surface area contributed by atoms with Gasteiger partial charge in [0.05, 0.1) is 11.4 Å². The molecule has 0 saturated carbocycles. The summed E-state index contributed by atoms with van der Waals surface area (Å²) in [4.78, 5) is 12.4. The molecule has 26 heavy (non-hydrogen) atoms. The summed E-state index contributed by atoms with van der Waals surface area (Å²) in [7, 11) is -3.45. The molecule has 0 radical (unpaired) electrons. The Morgan fingerprint density at radius 1 is 1.00 bits per heavy atom. The van der Waals surface area contributed by atoms with Crippen LogP contribution in [-0.2, 0) is 10.0 Å². The van der Waals surface area contributed by atoms with Gasteiger partial charge >= 0.3 is 0 Å². The highest BCUT2D eigenvalue weighted by Gasteiger charge is 2.27. The van der Waals surface area contributed by atoms with Crippen LogP contribution in [0, 0.1) is 0 Å². The second-order valence-electron chi connectivity index (χ2n) is 6.05. The Bertz CT molecular complexity index is 830. The molecule has 1 heterocycles. The SMILES string of the molecule is O=C(NCCOc1ccccc1)c1ccc(S(=O)(=O)N2CCCC2)cc1. The molecule has 1 saturated heterocycles. The molecule has 0 atom stereocenters. The molecule has 0 aromatic heterocycles. The molecule has 6 nitrogen and oxygen atoms in total. The van der Waals surface area contributed by atoms with E-state index in [4.69, 9.17) is 4.74 Å². The van der Waals surface area contributed by atoms with Gasteiger partial charge in [0.25, 0.3) is 5.91 Å². The lowest BCUT2D eigenvalue weighted by atomic mass is 10.2. The summed E-state index contributed by atoms with van der Waals surface area (Å²) >= 11 is 0. The van der Waals surface area contributed by atoms with Crippen LogP contribution in [0.25, 0.3) is 0 Å². The van der Waals surface area contributed by atoms with Gasteiger partial charge in [-0.1, -0.05) is 18.2 Å². The number of hydrogen-bond donors (Lipinski definition) is 1. The van der Waals surface area contributed by atoms with Crippen molar-refractivity contribution in [1.29, 1.82) is 0 Å². The highest BCUT2D eigenvalue weighted by molar-refractivity contribution is 7.89. The third-order valence-electron chi connectivity index (χ3n) is 4.22. The molecule has 0 bridgehead atoms. The Kier molecular flexibility index (Phi) is 5.90. The van der Waals surface area contributed by atoms with Crippen LogP contribution in [0.1, 0.15) is 23.2 Å². The summed E-state index contributed by atoms with van der Waals surface area (Å²) in [5.41, 5.74) is 0.421. The first-order valence-electron chi connectivity index (χ1n) is 8.64. The molecule has 7 heteroatoms. The predicted molar refractivity (Wildman–Crippen MR) is 98.7 cm³/mol. The van der Waals surface area contributed by atoms with E-state index < -0.39 is 10.0 Å². The summed E-state index contributed by atoms with van der Waals surface area (Å²) < 4.78 is 31.9. The van der Waals surface area contributed by atoms with Gasteiger partial charge in [0.2, 0.25) is 10.0 Å². The van der Waals surface area contributed by atoms with E-state index in [1.807, 2.05) is 30.3 Å². The summed E-state index contributed by atoms with van der Waals surface area (Å²) in [5, 5.41) is 2.76. The monoisotopic (exact) mass is 374 g/mol. The molecule has 1 N–H and O–H groups in total. The maximum Gasteiger partial charge on any atom is 0.251 e. The molecule has 0 spiro atoms. The number of para-hydroxylation sites is 1. The predicted octanol–water partition coefficient (Wildman–Crippen LogP) is 2.28. The van der Waals surface area contributed by atoms with E-state index in [9.17, 15) is 13.2 Å². The van der Waals surface area contributed by atoms with Crippen LogP contribution in [0.3, 0.4) is 0 Å². The van der Waals surface area contributed by atoms with Crippen LogP contribution in [0.15, 0.2) is 59.5 Å². The summed E-state index contributed by atoms with van der Waals surface area (Å²) in [6.07, 6.45) is 1.79. The van der Waals surface area contributed by atoms with Crippen LogP contribution in [0.5, 0.6) is 5.75 Å². The minimum Gasteiger partial charge on any atom is -0.492 e. The van der Waals surface area contributed by atoms with Crippen molar-refractivity contribution in [2.45, 2.75) is 17.7 Å². The first-order chi connectivity index (χ1) is 12.6. The Labute approximate surface area is 153 Å². The number of amides is 1. The van der Waals surface area contributed by atoms with Crippen molar-refractivity contribution >= 4 is 15.9 Å². The summed E-state index contributed by atoms with van der Waals surface area (Å²) in [6.45, 7) is 1.84. The second-order valence-corrected chi connectivity index (χ2v) is 7.99. The fourth-order valence-electron chi connectivity index (χ4n) is 2.81. The van der Waals surface area contributed by atoms with E-state index >= 15 is 0 Å². The average molecular weight is 374 g/mol. The number of nitrogens with one attached hydrogen (secondary N) is 1. The zero-order valence-electron chi connectivity index (χ0n) is 14.4. The van der Waals surface area contributed by atoms with Gasteiger partial charge in [0.1, 0.15) is 12.4 Å². The zero-order valence-corrected chi connectivity index (χ0v) is 15.2. The standard InChI is InChI=1S/C19H22N2O4S/c22-19(20-12-15-25-17-6-2-1-3-7-17)16-8-10-18(11-9-16)26(23,24)21-13-4-5-14-21/h1-3,6-11H,4-5,12-15H2,(H,20,22). The van der Waals surface area contributed by atoms with Gasteiger partial charge < -0.3 is 10.1 Å². The normalized spacial score (nSPS) is 14.9. The second kappa shape index (κ2) is 8.33. The number of carbonyl (C=O) groups excluding carboxylic acids is 1. The van der Waals surface area contributed by atoms with Gasteiger partial charge in [-0.3, -0.25) is 4.79 Å². The fourth-order valence-corrected chi connectivity index (χ4v) is 4.33. The van der Waals surface area contributed by atoms with Crippen molar-refractivity contribution in [2.24, 2.45) is 0 Å². The van der Waals surface area contributed by atoms with Crippen LogP contribution < -0.4 is 10.1 Å². The maximum absolute atomic E-state index is 12.5. The van der Waals surface area contributed by atoms with Gasteiger partial charge in [-0.15, -0.1) is 0 Å². The first-order valence-corrected chi connectivity index (χ1v) is 10.1. The molecule has 138 valence electrons. The van der Waals surface area contributed by atoms with Gasteiger partial charge in [-0.05, 0) is 49.2 Å². The molecule has 0 aliphatic carbocycles. The lowest BCUT2D eigenvalue weighted by molar-refractivity contribution is 0.0947. The van der Waals surface area contributed by atoms with Crippen molar-refractivity contribution in [2.75, 3.05) is 26.2 Å². The molecule has 1 fully saturated rings. The first kappa shape index (κ1) is 18.4. The minimum atomic E-state index is -3.45. The topological polar surface area (TPSA) is 75.7 Å². The van der Waals surface area contributed by atoms with Gasteiger partial charge in [0, 0.05) is 18.7 Å². The highest BCUT2D eigenvalue weighted by Crippen LogP contribution is 2.21. The fraction of sp³-hybridized carbons (Fsp3) is 0.316. The van der Waals surface area contributed by atoms with Crippen molar-refractivity contribution in [3.8, 4) is 5.75 Å². The van der Waals surface area contributed by atoms with E-state index in [1.54, 1.807) is 0 Å². The number of benzene rings is 2. The number of sulfonamides is 1. The molecule has 1 amide bonds. The molecule has 1 aliphatic heterocycles. The minimum absolute atomic E-state index is 0.225. The van der Waals surface area contributed by atoms with Crippen molar-refractivity contribution < 1.29 is 17.9 Å². The molecular weight excluding hydrogens is 352 g/mol. The molecule has 0 unspecified atom stereocenters. The Hall–Kier alpha value is -2.38. The molecule has 2 aromatic carbocycles. The van der Waals surface area contributed by atoms with Crippen LogP contribution in [0.4, 0.5) is 0 Å². The highest BCUT2D eigenvalue weighted by atomic mass is 32.2. The van der Waals surface area contributed by atoms with E-state index in [2.05, 4.69) is 5.32 Å². The lowest BCUT2D eigenvalue weighted by Gasteiger charge is -2.15. The van der Waals surface area contributed by atoms with E-state index in [-0.39, 0.29) is 10.8 Å². The number of carbonyl (C=O) groups is 1. The Morgan fingerprint density at radius 3 is 2.31 bits per heavy atom. The lowest BCUT2D eigenvalue weighted by Crippen LogP contribution is -2.29. The molecule has 2 aromatic rings. The van der Waals surface area contributed by atoms with Crippen LogP contribution >= 0.6 is 0 Å². The van der Waals surface area contributed by atoms with Gasteiger partial charge in [-0.2, -0.15) is 4.31 Å². The average Bonchev–Trinajstić information content (AvgIpc) is 3.22. The molecule has 3 rings (SSSR count). The van der Waals surface area contributed by atoms with E-state index in [0.29, 0.717) is 31.8 Å². The van der Waals surface area contributed by atoms with E-state index in [0.717, 1.165) is 18.6 Å². The third kappa shape index (κ3) is 4.42. The quantitative estimate of drug-likeness (QED) is 0.755. The molecule has 1 aliphatic rings. The number of hydrogen-bond acceptors (Lipinski definition) is 4. The van der Waals surface area contributed by atoms with Crippen molar-refractivity contribution in [3.05, 3.63) is 60.2 Å². The number of rotatable bonds is 7. The Balaban J connectivity index is 1.52. The number of nitrogens with zero attached hydrogens (tertiary/aromatic N) is 1. The van der Waals surface area contributed by atoms with E-state index in [1.165, 1.54) is 28.6 Å². The summed E-state index contributed by atoms with van der Waals surface area (Å²) in [5.74, 6) is 0.491.